The number of nitrogens with zero attached hydrogens (tertiary/aromatic N) is 2. The molecule has 1 atom stereocenters. The molecule has 1 fully saturated rings. The van der Waals surface area contributed by atoms with Gasteiger partial charge in [-0.3, -0.25) is 4.79 Å². The lowest BCUT2D eigenvalue weighted by Crippen LogP contribution is -2.57. The number of para-hydroxylation sites is 1. The number of piperazine rings is 1. The van der Waals surface area contributed by atoms with Gasteiger partial charge in [0.25, 0.3) is 0 Å². The third kappa shape index (κ3) is 2.29. The van der Waals surface area contributed by atoms with E-state index in [0.29, 0.717) is 6.54 Å². The molecular formula is C13H16N4OS. The number of carbonyl (C=O) groups is 1. The monoisotopic (exact) mass is 276 g/mol. The SMILES string of the molecule is CNC(=O)C1CNCCN1c1nc2ccccc2s1. The van der Waals surface area contributed by atoms with E-state index in [1.165, 1.54) is 0 Å². The van der Waals surface area contributed by atoms with Crippen LogP contribution < -0.4 is 15.5 Å². The van der Waals surface area contributed by atoms with E-state index in [0.717, 1.165) is 28.4 Å². The van der Waals surface area contributed by atoms with Crippen LogP contribution in [0.3, 0.4) is 0 Å². The zero-order valence-electron chi connectivity index (χ0n) is 10.7. The number of carbonyl (C=O) groups excluding carboxylic acids is 1. The Labute approximate surface area is 115 Å². The van der Waals surface area contributed by atoms with Crippen LogP contribution in [-0.2, 0) is 4.79 Å². The van der Waals surface area contributed by atoms with Crippen LogP contribution in [0.5, 0.6) is 0 Å². The van der Waals surface area contributed by atoms with Crippen molar-refractivity contribution in [2.45, 2.75) is 6.04 Å². The van der Waals surface area contributed by atoms with Crippen molar-refractivity contribution in [3.8, 4) is 0 Å². The molecule has 2 N–H and O–H groups in total. The zero-order chi connectivity index (χ0) is 13.2. The first-order valence-electron chi connectivity index (χ1n) is 6.34. The van der Waals surface area contributed by atoms with E-state index in [1.54, 1.807) is 18.4 Å². The van der Waals surface area contributed by atoms with Gasteiger partial charge in [-0.05, 0) is 12.1 Å². The number of thiazole rings is 1. The number of fused-ring (bicyclic) bond motifs is 1. The van der Waals surface area contributed by atoms with Crippen molar-refractivity contribution in [3.05, 3.63) is 24.3 Å². The van der Waals surface area contributed by atoms with Gasteiger partial charge in [-0.2, -0.15) is 0 Å². The first-order chi connectivity index (χ1) is 9.29. The fourth-order valence-corrected chi connectivity index (χ4v) is 3.36. The molecule has 1 aliphatic rings. The van der Waals surface area contributed by atoms with Gasteiger partial charge in [-0.15, -0.1) is 0 Å². The predicted octanol–water partition coefficient (Wildman–Crippen LogP) is 0.821. The first-order valence-corrected chi connectivity index (χ1v) is 7.16. The van der Waals surface area contributed by atoms with Gasteiger partial charge >= 0.3 is 0 Å². The smallest absolute Gasteiger partial charge is 0.243 e. The van der Waals surface area contributed by atoms with Gasteiger partial charge in [0.15, 0.2) is 5.13 Å². The van der Waals surface area contributed by atoms with E-state index in [1.807, 2.05) is 18.2 Å². The lowest BCUT2D eigenvalue weighted by molar-refractivity contribution is -0.122. The summed E-state index contributed by atoms with van der Waals surface area (Å²) in [5, 5.41) is 6.91. The van der Waals surface area contributed by atoms with Crippen LogP contribution in [0.15, 0.2) is 24.3 Å². The maximum Gasteiger partial charge on any atom is 0.243 e. The molecule has 1 saturated heterocycles. The van der Waals surface area contributed by atoms with Crippen molar-refractivity contribution < 1.29 is 4.79 Å². The Bertz CT molecular complexity index is 564. The molecule has 1 aromatic carbocycles. The lowest BCUT2D eigenvalue weighted by Gasteiger charge is -2.34. The Morgan fingerprint density at radius 3 is 3.16 bits per heavy atom. The molecule has 6 heteroatoms. The summed E-state index contributed by atoms with van der Waals surface area (Å²) < 4.78 is 1.16. The number of benzene rings is 1. The van der Waals surface area contributed by atoms with E-state index in [-0.39, 0.29) is 11.9 Å². The molecule has 2 heterocycles. The van der Waals surface area contributed by atoms with E-state index < -0.39 is 0 Å². The van der Waals surface area contributed by atoms with E-state index in [4.69, 9.17) is 0 Å². The minimum atomic E-state index is -0.181. The molecular weight excluding hydrogens is 260 g/mol. The Kier molecular flexibility index (Phi) is 3.35. The molecule has 1 amide bonds. The molecule has 100 valence electrons. The highest BCUT2D eigenvalue weighted by atomic mass is 32.1. The normalized spacial score (nSPS) is 19.6. The second-order valence-corrected chi connectivity index (χ2v) is 5.50. The summed E-state index contributed by atoms with van der Waals surface area (Å²) in [4.78, 5) is 18.7. The summed E-state index contributed by atoms with van der Waals surface area (Å²) in [7, 11) is 1.67. The second kappa shape index (κ2) is 5.14. The van der Waals surface area contributed by atoms with Gasteiger partial charge in [0.05, 0.1) is 10.2 Å². The van der Waals surface area contributed by atoms with Crippen molar-refractivity contribution in [2.75, 3.05) is 31.6 Å². The summed E-state index contributed by atoms with van der Waals surface area (Å²) in [6.07, 6.45) is 0. The van der Waals surface area contributed by atoms with Crippen LogP contribution in [0.1, 0.15) is 0 Å². The van der Waals surface area contributed by atoms with Gasteiger partial charge in [0.1, 0.15) is 6.04 Å². The fourth-order valence-electron chi connectivity index (χ4n) is 2.32. The predicted molar refractivity (Wildman–Crippen MR) is 77.7 cm³/mol. The maximum atomic E-state index is 11.9. The van der Waals surface area contributed by atoms with Crippen LogP contribution >= 0.6 is 11.3 Å². The number of hydrogen-bond donors (Lipinski definition) is 2. The van der Waals surface area contributed by atoms with Crippen molar-refractivity contribution >= 4 is 32.6 Å². The van der Waals surface area contributed by atoms with Crippen LogP contribution in [0.4, 0.5) is 5.13 Å². The molecule has 0 radical (unpaired) electrons. The number of amides is 1. The molecule has 0 aliphatic carbocycles. The Balaban J connectivity index is 1.95. The Morgan fingerprint density at radius 1 is 1.53 bits per heavy atom. The summed E-state index contributed by atoms with van der Waals surface area (Å²) in [5.74, 6) is 0.0338. The van der Waals surface area contributed by atoms with Crippen LogP contribution in [0.2, 0.25) is 0 Å². The van der Waals surface area contributed by atoms with E-state index in [2.05, 4.69) is 26.6 Å². The Hall–Kier alpha value is -1.66. The molecule has 0 spiro atoms. The molecule has 5 nitrogen and oxygen atoms in total. The van der Waals surface area contributed by atoms with Crippen molar-refractivity contribution in [1.29, 1.82) is 0 Å². The third-order valence-corrected chi connectivity index (χ3v) is 4.39. The second-order valence-electron chi connectivity index (χ2n) is 4.49. The number of likely N-dealkylation sites (N-methyl/N-ethyl adjacent to an activating group) is 1. The van der Waals surface area contributed by atoms with E-state index in [9.17, 15) is 4.79 Å². The van der Waals surface area contributed by atoms with Crippen LogP contribution in [0.25, 0.3) is 10.2 Å². The number of nitrogens with one attached hydrogen (secondary N) is 2. The lowest BCUT2D eigenvalue weighted by atomic mass is 10.2. The number of aromatic nitrogens is 1. The summed E-state index contributed by atoms with van der Waals surface area (Å²) in [5.41, 5.74) is 0.997. The topological polar surface area (TPSA) is 57.3 Å². The van der Waals surface area contributed by atoms with Gasteiger partial charge in [-0.1, -0.05) is 23.5 Å². The van der Waals surface area contributed by atoms with E-state index >= 15 is 0 Å². The van der Waals surface area contributed by atoms with Crippen LogP contribution in [0, 0.1) is 0 Å². The average molecular weight is 276 g/mol. The van der Waals surface area contributed by atoms with Gasteiger partial charge in [0, 0.05) is 26.7 Å². The van der Waals surface area contributed by atoms with Gasteiger partial charge in [-0.25, -0.2) is 4.98 Å². The number of hydrogen-bond acceptors (Lipinski definition) is 5. The highest BCUT2D eigenvalue weighted by Gasteiger charge is 2.29. The average Bonchev–Trinajstić information content (AvgIpc) is 2.90. The molecule has 2 aromatic rings. The van der Waals surface area contributed by atoms with Gasteiger partial charge in [0.2, 0.25) is 5.91 Å². The quantitative estimate of drug-likeness (QED) is 0.853. The molecule has 0 bridgehead atoms. The first kappa shape index (κ1) is 12.4. The molecule has 1 aliphatic heterocycles. The third-order valence-electron chi connectivity index (χ3n) is 3.32. The van der Waals surface area contributed by atoms with Gasteiger partial charge < -0.3 is 15.5 Å². The van der Waals surface area contributed by atoms with Crippen molar-refractivity contribution in [1.82, 2.24) is 15.6 Å². The van der Waals surface area contributed by atoms with Crippen LogP contribution in [-0.4, -0.2) is 43.6 Å². The minimum absolute atomic E-state index is 0.0338. The summed E-state index contributed by atoms with van der Waals surface area (Å²) in [6, 6.07) is 7.89. The summed E-state index contributed by atoms with van der Waals surface area (Å²) >= 11 is 1.64. The maximum absolute atomic E-state index is 11.9. The molecule has 1 aromatic heterocycles. The molecule has 19 heavy (non-hydrogen) atoms. The highest BCUT2D eigenvalue weighted by molar-refractivity contribution is 7.22. The zero-order valence-corrected chi connectivity index (χ0v) is 11.5. The number of anilines is 1. The van der Waals surface area contributed by atoms with Crippen molar-refractivity contribution in [3.63, 3.8) is 0 Å². The Morgan fingerprint density at radius 2 is 2.37 bits per heavy atom. The minimum Gasteiger partial charge on any atom is -0.357 e. The highest BCUT2D eigenvalue weighted by Crippen LogP contribution is 2.30. The van der Waals surface area contributed by atoms with Crippen molar-refractivity contribution in [2.24, 2.45) is 0 Å². The largest absolute Gasteiger partial charge is 0.357 e. The molecule has 0 saturated carbocycles. The molecule has 1 unspecified atom stereocenters. The standard InChI is InChI=1S/C13H16N4OS/c1-14-12(18)10-8-15-6-7-17(10)13-16-9-4-2-3-5-11(9)19-13/h2-5,10,15H,6-8H2,1H3,(H,14,18). The fraction of sp³-hybridized carbons (Fsp3) is 0.385. The molecule has 3 rings (SSSR count). The summed E-state index contributed by atoms with van der Waals surface area (Å²) in [6.45, 7) is 2.34. The number of rotatable bonds is 2.